The van der Waals surface area contributed by atoms with Crippen molar-refractivity contribution >= 4 is 0 Å². The number of β-amino-alcohol motifs (C(OH)–C–C–N with tert-alkyl or cyclic N) is 1. The van der Waals surface area contributed by atoms with Crippen LogP contribution in [-0.2, 0) is 6.61 Å². The van der Waals surface area contributed by atoms with Gasteiger partial charge in [0.15, 0.2) is 0 Å². The molecule has 1 heterocycles. The summed E-state index contributed by atoms with van der Waals surface area (Å²) < 4.78 is 5.81. The predicted molar refractivity (Wildman–Crippen MR) is 101 cm³/mol. The molecule has 0 saturated carbocycles. The summed E-state index contributed by atoms with van der Waals surface area (Å²) >= 11 is 0. The third-order valence-corrected chi connectivity index (χ3v) is 4.89. The van der Waals surface area contributed by atoms with Crippen molar-refractivity contribution in [3.05, 3.63) is 65.7 Å². The molecule has 1 N–H and O–H groups in total. The molecule has 4 nitrogen and oxygen atoms in total. The van der Waals surface area contributed by atoms with Crippen molar-refractivity contribution in [3.63, 3.8) is 0 Å². The Morgan fingerprint density at radius 2 is 1.80 bits per heavy atom. The van der Waals surface area contributed by atoms with E-state index < -0.39 is 6.10 Å². The molecule has 1 aliphatic rings. The van der Waals surface area contributed by atoms with Crippen LogP contribution in [0.25, 0.3) is 0 Å². The van der Waals surface area contributed by atoms with E-state index in [1.807, 2.05) is 42.5 Å². The Morgan fingerprint density at radius 1 is 1.08 bits per heavy atom. The Labute approximate surface area is 150 Å². The van der Waals surface area contributed by atoms with Crippen molar-refractivity contribution in [3.8, 4) is 5.75 Å². The molecule has 0 aromatic heterocycles. The number of nitrogens with zero attached hydrogens (tertiary/aromatic N) is 2. The van der Waals surface area contributed by atoms with Gasteiger partial charge in [-0.15, -0.1) is 0 Å². The Hall–Kier alpha value is -1.88. The van der Waals surface area contributed by atoms with Crippen LogP contribution in [-0.4, -0.2) is 54.2 Å². The van der Waals surface area contributed by atoms with Crippen LogP contribution in [0.3, 0.4) is 0 Å². The van der Waals surface area contributed by atoms with Gasteiger partial charge in [0.1, 0.15) is 12.4 Å². The Morgan fingerprint density at radius 3 is 2.48 bits per heavy atom. The van der Waals surface area contributed by atoms with E-state index in [9.17, 15) is 5.11 Å². The van der Waals surface area contributed by atoms with Crippen molar-refractivity contribution in [2.45, 2.75) is 25.7 Å². The summed E-state index contributed by atoms with van der Waals surface area (Å²) in [5.74, 6) is 0.827. The molecule has 0 radical (unpaired) electrons. The van der Waals surface area contributed by atoms with Gasteiger partial charge >= 0.3 is 0 Å². The van der Waals surface area contributed by atoms with E-state index in [0.717, 1.165) is 36.5 Å². The Kier molecular flexibility index (Phi) is 6.08. The summed E-state index contributed by atoms with van der Waals surface area (Å²) in [6, 6.07) is 18.4. The minimum absolute atomic E-state index is 0.464. The minimum Gasteiger partial charge on any atom is -0.489 e. The average molecular weight is 340 g/mol. The fourth-order valence-electron chi connectivity index (χ4n) is 3.30. The first kappa shape index (κ1) is 17.9. The number of hydrogen-bond donors (Lipinski definition) is 1. The van der Waals surface area contributed by atoms with Crippen LogP contribution in [0.4, 0.5) is 0 Å². The first-order valence-corrected chi connectivity index (χ1v) is 8.99. The van der Waals surface area contributed by atoms with Crippen LogP contribution in [0.2, 0.25) is 0 Å². The maximum absolute atomic E-state index is 10.6. The molecule has 1 aliphatic heterocycles. The fraction of sp³-hybridized carbons (Fsp3) is 0.429. The smallest absolute Gasteiger partial charge is 0.119 e. The topological polar surface area (TPSA) is 35.9 Å². The highest BCUT2D eigenvalue weighted by Gasteiger charge is 2.23. The minimum atomic E-state index is -0.464. The number of benzene rings is 2. The maximum atomic E-state index is 10.6. The SMILES string of the molecule is C[C@@H]1CN(C)CCN1C[C@H](O)c1ccc(OCc2ccccc2)cc1. The highest BCUT2D eigenvalue weighted by molar-refractivity contribution is 5.29. The van der Waals surface area contributed by atoms with Gasteiger partial charge in [-0.2, -0.15) is 0 Å². The van der Waals surface area contributed by atoms with Crippen molar-refractivity contribution in [2.24, 2.45) is 0 Å². The van der Waals surface area contributed by atoms with Crippen LogP contribution in [0, 0.1) is 0 Å². The van der Waals surface area contributed by atoms with Crippen LogP contribution >= 0.6 is 0 Å². The van der Waals surface area contributed by atoms with Crippen LogP contribution in [0.5, 0.6) is 5.75 Å². The highest BCUT2D eigenvalue weighted by Crippen LogP contribution is 2.21. The lowest BCUT2D eigenvalue weighted by Gasteiger charge is -2.39. The zero-order valence-corrected chi connectivity index (χ0v) is 15.1. The molecule has 134 valence electrons. The van der Waals surface area contributed by atoms with Gasteiger partial charge < -0.3 is 14.7 Å². The number of ether oxygens (including phenoxy) is 1. The van der Waals surface area contributed by atoms with E-state index in [1.165, 1.54) is 0 Å². The van der Waals surface area contributed by atoms with Gasteiger partial charge in [-0.3, -0.25) is 4.90 Å². The van der Waals surface area contributed by atoms with Crippen LogP contribution in [0.1, 0.15) is 24.2 Å². The number of aliphatic hydroxyl groups excluding tert-OH is 1. The summed E-state index contributed by atoms with van der Waals surface area (Å²) in [6.07, 6.45) is -0.464. The normalized spacial score (nSPS) is 20.4. The number of likely N-dealkylation sites (N-methyl/N-ethyl adjacent to an activating group) is 1. The maximum Gasteiger partial charge on any atom is 0.119 e. The molecule has 1 saturated heterocycles. The fourth-order valence-corrected chi connectivity index (χ4v) is 3.30. The molecular formula is C21H28N2O2. The molecule has 0 aliphatic carbocycles. The second kappa shape index (κ2) is 8.48. The molecule has 2 aromatic carbocycles. The largest absolute Gasteiger partial charge is 0.489 e. The van der Waals surface area contributed by atoms with Gasteiger partial charge in [-0.25, -0.2) is 0 Å². The number of aliphatic hydroxyl groups is 1. The van der Waals surface area contributed by atoms with Crippen molar-refractivity contribution in [1.82, 2.24) is 9.80 Å². The van der Waals surface area contributed by atoms with Gasteiger partial charge in [0.25, 0.3) is 0 Å². The molecule has 0 bridgehead atoms. The second-order valence-electron chi connectivity index (χ2n) is 6.97. The molecule has 2 atom stereocenters. The predicted octanol–water partition coefficient (Wildman–Crippen LogP) is 2.93. The molecule has 0 spiro atoms. The second-order valence-corrected chi connectivity index (χ2v) is 6.97. The van der Waals surface area contributed by atoms with E-state index in [1.54, 1.807) is 0 Å². The highest BCUT2D eigenvalue weighted by atomic mass is 16.5. The summed E-state index contributed by atoms with van der Waals surface area (Å²) in [4.78, 5) is 4.71. The van der Waals surface area contributed by atoms with Crippen LogP contribution < -0.4 is 4.74 Å². The molecule has 4 heteroatoms. The lowest BCUT2D eigenvalue weighted by Crippen LogP contribution is -2.51. The molecule has 25 heavy (non-hydrogen) atoms. The van der Waals surface area contributed by atoms with Crippen LogP contribution in [0.15, 0.2) is 54.6 Å². The van der Waals surface area contributed by atoms with Gasteiger partial charge in [0, 0.05) is 32.2 Å². The quantitative estimate of drug-likeness (QED) is 0.877. The standard InChI is InChI=1S/C21H28N2O2/c1-17-14-22(2)12-13-23(17)15-21(24)19-8-10-20(11-9-19)25-16-18-6-4-3-5-7-18/h3-11,17,21,24H,12-16H2,1-2H3/t17-,21+/m1/s1. The van der Waals surface area contributed by atoms with Crippen molar-refractivity contribution < 1.29 is 9.84 Å². The Balaban J connectivity index is 1.52. The van der Waals surface area contributed by atoms with Crippen molar-refractivity contribution in [2.75, 3.05) is 33.2 Å². The van der Waals surface area contributed by atoms with E-state index in [0.29, 0.717) is 19.2 Å². The third-order valence-electron chi connectivity index (χ3n) is 4.89. The summed E-state index contributed by atoms with van der Waals surface area (Å²) in [7, 11) is 2.15. The van der Waals surface area contributed by atoms with Crippen molar-refractivity contribution in [1.29, 1.82) is 0 Å². The van der Waals surface area contributed by atoms with E-state index >= 15 is 0 Å². The molecule has 1 fully saturated rings. The lowest BCUT2D eigenvalue weighted by molar-refractivity contribution is 0.0474. The summed E-state index contributed by atoms with van der Waals surface area (Å²) in [5, 5.41) is 10.6. The third kappa shape index (κ3) is 5.05. The molecule has 2 aromatic rings. The lowest BCUT2D eigenvalue weighted by atomic mass is 10.1. The molecule has 3 rings (SSSR count). The summed E-state index contributed by atoms with van der Waals surface area (Å²) in [6.45, 7) is 6.58. The van der Waals surface area contributed by atoms with Gasteiger partial charge in [-0.1, -0.05) is 42.5 Å². The number of hydrogen-bond acceptors (Lipinski definition) is 4. The monoisotopic (exact) mass is 340 g/mol. The first-order valence-electron chi connectivity index (χ1n) is 8.99. The molecular weight excluding hydrogens is 312 g/mol. The number of piperazine rings is 1. The molecule has 0 amide bonds. The van der Waals surface area contributed by atoms with E-state index in [-0.39, 0.29) is 0 Å². The van der Waals surface area contributed by atoms with Gasteiger partial charge in [0.05, 0.1) is 6.10 Å². The van der Waals surface area contributed by atoms with Gasteiger partial charge in [0.2, 0.25) is 0 Å². The zero-order chi connectivity index (χ0) is 17.6. The van der Waals surface area contributed by atoms with Gasteiger partial charge in [-0.05, 0) is 37.2 Å². The Bertz CT molecular complexity index is 645. The molecule has 0 unspecified atom stereocenters. The summed E-state index contributed by atoms with van der Waals surface area (Å²) in [5.41, 5.74) is 2.09. The first-order chi connectivity index (χ1) is 12.1. The zero-order valence-electron chi connectivity index (χ0n) is 15.1. The average Bonchev–Trinajstić information content (AvgIpc) is 2.63. The van der Waals surface area contributed by atoms with E-state index in [4.69, 9.17) is 4.74 Å². The number of rotatable bonds is 6. The van der Waals surface area contributed by atoms with E-state index in [2.05, 4.69) is 35.9 Å².